The standard InChI is InChI=1S/C26H21N3OS2/c1-2-7-19-18(5-1)6-3-8-20(19)21-17-22(28-26(27-21)29-12-14-30-15-13-29)23-10-11-25(32-23)24-9-4-16-31-24/h1-11,16-17H,12-15H2. The van der Waals surface area contributed by atoms with Crippen LogP contribution in [0, 0.1) is 0 Å². The lowest BCUT2D eigenvalue weighted by molar-refractivity contribution is 0.122. The van der Waals surface area contributed by atoms with Gasteiger partial charge < -0.3 is 9.64 Å². The minimum Gasteiger partial charge on any atom is -0.378 e. The molecule has 4 nitrogen and oxygen atoms in total. The zero-order chi connectivity index (χ0) is 21.3. The summed E-state index contributed by atoms with van der Waals surface area (Å²) in [6.45, 7) is 3.03. The van der Waals surface area contributed by atoms with Crippen LogP contribution in [0.5, 0.6) is 0 Å². The number of hydrogen-bond donors (Lipinski definition) is 0. The smallest absolute Gasteiger partial charge is 0.226 e. The van der Waals surface area contributed by atoms with Crippen LogP contribution in [0.25, 0.3) is 42.4 Å². The molecule has 1 aliphatic rings. The van der Waals surface area contributed by atoms with E-state index in [-0.39, 0.29) is 0 Å². The third-order valence-electron chi connectivity index (χ3n) is 5.70. The van der Waals surface area contributed by atoms with Crippen LogP contribution < -0.4 is 4.90 Å². The minimum atomic E-state index is 0.707. The van der Waals surface area contributed by atoms with Crippen molar-refractivity contribution in [1.29, 1.82) is 0 Å². The SMILES string of the molecule is c1csc(-c2ccc(-c3cc(-c4cccc5ccccc45)nc(N4CCOCC4)n3)s2)c1. The summed E-state index contributed by atoms with van der Waals surface area (Å²) in [5, 5.41) is 4.54. The number of benzene rings is 2. The first kappa shape index (κ1) is 19.6. The van der Waals surface area contributed by atoms with E-state index in [9.17, 15) is 0 Å². The van der Waals surface area contributed by atoms with Gasteiger partial charge in [0.05, 0.1) is 29.5 Å². The molecule has 6 heteroatoms. The van der Waals surface area contributed by atoms with Crippen molar-refractivity contribution in [3.63, 3.8) is 0 Å². The summed E-state index contributed by atoms with van der Waals surface area (Å²) >= 11 is 3.55. The number of morpholine rings is 1. The van der Waals surface area contributed by atoms with Crippen LogP contribution in [0.2, 0.25) is 0 Å². The first-order valence-electron chi connectivity index (χ1n) is 10.7. The molecule has 0 unspecified atom stereocenters. The normalized spacial score (nSPS) is 14.2. The molecule has 158 valence electrons. The van der Waals surface area contributed by atoms with Gasteiger partial charge >= 0.3 is 0 Å². The quantitative estimate of drug-likeness (QED) is 0.306. The number of rotatable bonds is 4. The summed E-state index contributed by atoms with van der Waals surface area (Å²) < 4.78 is 5.56. The molecule has 6 rings (SSSR count). The van der Waals surface area contributed by atoms with Crippen LogP contribution in [0.15, 0.2) is 78.2 Å². The number of ether oxygens (including phenoxy) is 1. The first-order valence-corrected chi connectivity index (χ1v) is 12.4. The van der Waals surface area contributed by atoms with Crippen LogP contribution in [-0.2, 0) is 4.74 Å². The highest BCUT2D eigenvalue weighted by molar-refractivity contribution is 7.23. The average molecular weight is 456 g/mol. The fourth-order valence-corrected chi connectivity index (χ4v) is 5.88. The van der Waals surface area contributed by atoms with Gasteiger partial charge in [0, 0.05) is 28.4 Å². The summed E-state index contributed by atoms with van der Waals surface area (Å²) in [6.07, 6.45) is 0. The fourth-order valence-electron chi connectivity index (χ4n) is 4.08. The van der Waals surface area contributed by atoms with E-state index in [1.54, 1.807) is 22.7 Å². The predicted molar refractivity (Wildman–Crippen MR) is 135 cm³/mol. The van der Waals surface area contributed by atoms with E-state index in [0.717, 1.165) is 40.9 Å². The third-order valence-corrected chi connectivity index (χ3v) is 7.87. The number of hydrogen-bond acceptors (Lipinski definition) is 6. The maximum atomic E-state index is 5.56. The van der Waals surface area contributed by atoms with Gasteiger partial charge in [0.25, 0.3) is 0 Å². The fraction of sp³-hybridized carbons (Fsp3) is 0.154. The molecule has 0 N–H and O–H groups in total. The number of thiophene rings is 2. The Labute approximate surface area is 194 Å². The highest BCUT2D eigenvalue weighted by Gasteiger charge is 2.18. The topological polar surface area (TPSA) is 38.2 Å². The zero-order valence-corrected chi connectivity index (χ0v) is 19.0. The van der Waals surface area contributed by atoms with E-state index in [2.05, 4.69) is 83.1 Å². The second-order valence-electron chi connectivity index (χ2n) is 7.71. The molecular weight excluding hydrogens is 434 g/mol. The van der Waals surface area contributed by atoms with Crippen molar-refractivity contribution < 1.29 is 4.74 Å². The van der Waals surface area contributed by atoms with Crippen LogP contribution in [-0.4, -0.2) is 36.3 Å². The Morgan fingerprint density at radius 1 is 0.750 bits per heavy atom. The molecule has 0 saturated carbocycles. The number of aromatic nitrogens is 2. The summed E-state index contributed by atoms with van der Waals surface area (Å²) in [5.41, 5.74) is 3.06. The molecule has 0 aliphatic carbocycles. The number of anilines is 1. The maximum absolute atomic E-state index is 5.56. The number of fused-ring (bicyclic) bond motifs is 1. The van der Waals surface area contributed by atoms with E-state index in [1.165, 1.54) is 20.5 Å². The van der Waals surface area contributed by atoms with Crippen molar-refractivity contribution in [2.45, 2.75) is 0 Å². The van der Waals surface area contributed by atoms with Gasteiger partial charge in [-0.1, -0.05) is 48.5 Å². The van der Waals surface area contributed by atoms with E-state index in [0.29, 0.717) is 13.2 Å². The molecule has 32 heavy (non-hydrogen) atoms. The molecule has 0 spiro atoms. The molecule has 0 radical (unpaired) electrons. The van der Waals surface area contributed by atoms with E-state index in [4.69, 9.17) is 14.7 Å². The molecule has 5 aromatic rings. The van der Waals surface area contributed by atoms with Crippen molar-refractivity contribution in [2.24, 2.45) is 0 Å². The zero-order valence-electron chi connectivity index (χ0n) is 17.4. The Kier molecular flexibility index (Phi) is 5.19. The van der Waals surface area contributed by atoms with Crippen LogP contribution >= 0.6 is 22.7 Å². The van der Waals surface area contributed by atoms with Gasteiger partial charge in [-0.25, -0.2) is 9.97 Å². The van der Waals surface area contributed by atoms with Crippen molar-refractivity contribution in [1.82, 2.24) is 9.97 Å². The lowest BCUT2D eigenvalue weighted by Crippen LogP contribution is -2.37. The molecule has 1 saturated heterocycles. The summed E-state index contributed by atoms with van der Waals surface area (Å²) in [7, 11) is 0. The minimum absolute atomic E-state index is 0.707. The predicted octanol–water partition coefficient (Wildman–Crippen LogP) is 6.59. The van der Waals surface area contributed by atoms with Gasteiger partial charge in [0.15, 0.2) is 0 Å². The van der Waals surface area contributed by atoms with Gasteiger partial charge in [-0.05, 0) is 40.4 Å². The van der Waals surface area contributed by atoms with E-state index >= 15 is 0 Å². The van der Waals surface area contributed by atoms with Crippen molar-refractivity contribution in [2.75, 3.05) is 31.2 Å². The Morgan fingerprint density at radius 2 is 1.56 bits per heavy atom. The van der Waals surface area contributed by atoms with Gasteiger partial charge in [0.2, 0.25) is 5.95 Å². The lowest BCUT2D eigenvalue weighted by atomic mass is 10.0. The van der Waals surface area contributed by atoms with Crippen molar-refractivity contribution >= 4 is 39.4 Å². The highest BCUT2D eigenvalue weighted by Crippen LogP contribution is 2.38. The van der Waals surface area contributed by atoms with E-state index < -0.39 is 0 Å². The van der Waals surface area contributed by atoms with Crippen LogP contribution in [0.3, 0.4) is 0 Å². The third kappa shape index (κ3) is 3.71. The second-order valence-corrected chi connectivity index (χ2v) is 9.74. The van der Waals surface area contributed by atoms with Crippen molar-refractivity contribution in [3.05, 3.63) is 78.2 Å². The first-order chi connectivity index (χ1) is 15.8. The van der Waals surface area contributed by atoms with Crippen molar-refractivity contribution in [3.8, 4) is 31.6 Å². The summed E-state index contributed by atoms with van der Waals surface area (Å²) in [6, 6.07) is 25.7. The van der Waals surface area contributed by atoms with Gasteiger partial charge in [-0.3, -0.25) is 0 Å². The van der Waals surface area contributed by atoms with Crippen LogP contribution in [0.4, 0.5) is 5.95 Å². The Hall–Kier alpha value is -3.06. The molecule has 0 amide bonds. The molecule has 4 heterocycles. The van der Waals surface area contributed by atoms with Gasteiger partial charge in [-0.2, -0.15) is 0 Å². The lowest BCUT2D eigenvalue weighted by Gasteiger charge is -2.27. The molecule has 2 aromatic carbocycles. The molecule has 3 aromatic heterocycles. The largest absolute Gasteiger partial charge is 0.378 e. The highest BCUT2D eigenvalue weighted by atomic mass is 32.1. The molecule has 1 fully saturated rings. The van der Waals surface area contributed by atoms with Gasteiger partial charge in [-0.15, -0.1) is 22.7 Å². The molecular formula is C26H21N3OS2. The Bertz CT molecular complexity index is 1370. The average Bonchev–Trinajstić information content (AvgIpc) is 3.56. The van der Waals surface area contributed by atoms with Crippen LogP contribution in [0.1, 0.15) is 0 Å². The molecule has 1 aliphatic heterocycles. The maximum Gasteiger partial charge on any atom is 0.226 e. The number of nitrogens with zero attached hydrogens (tertiary/aromatic N) is 3. The monoisotopic (exact) mass is 455 g/mol. The van der Waals surface area contributed by atoms with E-state index in [1.807, 2.05) is 0 Å². The Balaban J connectivity index is 1.50. The second kappa shape index (κ2) is 8.47. The van der Waals surface area contributed by atoms with Gasteiger partial charge in [0.1, 0.15) is 0 Å². The summed E-state index contributed by atoms with van der Waals surface area (Å²) in [5.74, 6) is 0.778. The Morgan fingerprint density at radius 3 is 2.44 bits per heavy atom. The summed E-state index contributed by atoms with van der Waals surface area (Å²) in [4.78, 5) is 16.0. The molecule has 0 bridgehead atoms. The molecule has 0 atom stereocenters.